The normalized spacial score (nSPS) is 10.2. The Morgan fingerprint density at radius 1 is 1.55 bits per heavy atom. The number of nitrogens with two attached hydrogens (primary N) is 1. The Hall–Kier alpha value is -0.650. The van der Waals surface area contributed by atoms with Crippen molar-refractivity contribution in [2.75, 3.05) is 13.2 Å². The Morgan fingerprint density at radius 3 is 2.64 bits per heavy atom. The molecule has 0 radical (unpaired) electrons. The van der Waals surface area contributed by atoms with E-state index in [0.29, 0.717) is 13.0 Å². The molecule has 0 aromatic rings. The molecule has 0 spiro atoms. The van der Waals surface area contributed by atoms with Crippen molar-refractivity contribution in [3.63, 3.8) is 0 Å². The van der Waals surface area contributed by atoms with Gasteiger partial charge < -0.3 is 20.7 Å². The van der Waals surface area contributed by atoms with Crippen molar-refractivity contribution in [2.24, 2.45) is 5.73 Å². The summed E-state index contributed by atoms with van der Waals surface area (Å²) < 4.78 is 4.41. The Bertz CT molecular complexity index is 115. The van der Waals surface area contributed by atoms with Crippen molar-refractivity contribution in [2.45, 2.75) is 19.1 Å². The molecule has 5 heteroatoms. The van der Waals surface area contributed by atoms with Gasteiger partial charge in [0, 0.05) is 6.42 Å². The van der Waals surface area contributed by atoms with Gasteiger partial charge in [0.05, 0.1) is 0 Å². The van der Waals surface area contributed by atoms with Gasteiger partial charge >= 0.3 is 5.97 Å². The first-order chi connectivity index (χ1) is 5.16. The van der Waals surface area contributed by atoms with Crippen LogP contribution in [-0.4, -0.2) is 35.6 Å². The summed E-state index contributed by atoms with van der Waals surface area (Å²) in [6.45, 7) is 0.0557. The van der Waals surface area contributed by atoms with Crippen LogP contribution in [-0.2, 0) is 9.53 Å². The zero-order valence-corrected chi connectivity index (χ0v) is 6.19. The minimum Gasteiger partial charge on any atom is -0.460 e. The lowest BCUT2D eigenvalue weighted by molar-refractivity contribution is -0.156. The molecular formula is C6H13NO4. The van der Waals surface area contributed by atoms with Crippen LogP contribution in [0.2, 0.25) is 0 Å². The smallest absolute Gasteiger partial charge is 0.306 e. The fraction of sp³-hybridized carbons (Fsp3) is 0.833. The van der Waals surface area contributed by atoms with E-state index in [1.54, 1.807) is 0 Å². The molecular weight excluding hydrogens is 150 g/mol. The van der Waals surface area contributed by atoms with Crippen molar-refractivity contribution in [3.8, 4) is 0 Å². The molecule has 0 aromatic carbocycles. The number of aliphatic hydroxyl groups is 2. The molecule has 0 amide bonds. The maximum absolute atomic E-state index is 10.6. The number of carbonyl (C=O) groups excluding carboxylic acids is 1. The molecule has 11 heavy (non-hydrogen) atoms. The van der Waals surface area contributed by atoms with Crippen LogP contribution in [0.25, 0.3) is 0 Å². The first kappa shape index (κ1) is 10.3. The van der Waals surface area contributed by atoms with E-state index < -0.39 is 12.3 Å². The van der Waals surface area contributed by atoms with Crippen molar-refractivity contribution >= 4 is 5.97 Å². The number of rotatable bonds is 5. The van der Waals surface area contributed by atoms with Crippen LogP contribution in [0.3, 0.4) is 0 Å². The highest BCUT2D eigenvalue weighted by Gasteiger charge is 2.04. The standard InChI is InChI=1S/C6H13NO4/c7-3-1-2-6(10)11-4-5(8)9/h5,8-9H,1-4,7H2. The summed E-state index contributed by atoms with van der Waals surface area (Å²) in [5, 5.41) is 16.6. The summed E-state index contributed by atoms with van der Waals surface area (Å²) in [4.78, 5) is 10.6. The molecule has 0 aliphatic carbocycles. The fourth-order valence-electron chi connectivity index (χ4n) is 0.486. The molecule has 5 nitrogen and oxygen atoms in total. The number of carbonyl (C=O) groups is 1. The monoisotopic (exact) mass is 163 g/mol. The molecule has 0 heterocycles. The SMILES string of the molecule is NCCCC(=O)OCC(O)O. The van der Waals surface area contributed by atoms with E-state index in [4.69, 9.17) is 15.9 Å². The zero-order chi connectivity index (χ0) is 8.69. The molecule has 0 rings (SSSR count). The largest absolute Gasteiger partial charge is 0.460 e. The van der Waals surface area contributed by atoms with E-state index in [1.165, 1.54) is 0 Å². The van der Waals surface area contributed by atoms with E-state index in [1.807, 2.05) is 0 Å². The Balaban J connectivity index is 3.23. The van der Waals surface area contributed by atoms with Gasteiger partial charge in [-0.25, -0.2) is 0 Å². The highest BCUT2D eigenvalue weighted by atomic mass is 16.6. The van der Waals surface area contributed by atoms with Crippen molar-refractivity contribution in [1.29, 1.82) is 0 Å². The number of aliphatic hydroxyl groups excluding tert-OH is 1. The molecule has 0 saturated carbocycles. The van der Waals surface area contributed by atoms with Gasteiger partial charge in [-0.3, -0.25) is 4.79 Å². The van der Waals surface area contributed by atoms with Gasteiger partial charge in [0.2, 0.25) is 0 Å². The van der Waals surface area contributed by atoms with Gasteiger partial charge in [-0.05, 0) is 13.0 Å². The van der Waals surface area contributed by atoms with E-state index in [0.717, 1.165) is 0 Å². The second-order valence-corrected chi connectivity index (χ2v) is 2.06. The van der Waals surface area contributed by atoms with E-state index >= 15 is 0 Å². The molecule has 0 fully saturated rings. The van der Waals surface area contributed by atoms with Crippen LogP contribution in [0.4, 0.5) is 0 Å². The predicted molar refractivity (Wildman–Crippen MR) is 37.5 cm³/mol. The van der Waals surface area contributed by atoms with Crippen LogP contribution in [0.1, 0.15) is 12.8 Å². The van der Waals surface area contributed by atoms with Crippen LogP contribution in [0, 0.1) is 0 Å². The number of hydrogen-bond donors (Lipinski definition) is 3. The van der Waals surface area contributed by atoms with Crippen molar-refractivity contribution in [3.05, 3.63) is 0 Å². The first-order valence-electron chi connectivity index (χ1n) is 3.38. The summed E-state index contributed by atoms with van der Waals surface area (Å²) in [5.41, 5.74) is 5.13. The number of hydrogen-bond acceptors (Lipinski definition) is 5. The maximum Gasteiger partial charge on any atom is 0.306 e. The molecule has 0 unspecified atom stereocenters. The summed E-state index contributed by atoms with van der Waals surface area (Å²) >= 11 is 0. The predicted octanol–water partition coefficient (Wildman–Crippen LogP) is -1.42. The minimum atomic E-state index is -1.59. The molecule has 4 N–H and O–H groups in total. The average Bonchev–Trinajstić information content (AvgIpc) is 1.97. The number of esters is 1. The van der Waals surface area contributed by atoms with Gasteiger partial charge in [-0.2, -0.15) is 0 Å². The quantitative estimate of drug-likeness (QED) is 0.341. The summed E-state index contributed by atoms with van der Waals surface area (Å²) in [5.74, 6) is -0.455. The molecule has 0 aliphatic heterocycles. The van der Waals surface area contributed by atoms with E-state index in [-0.39, 0.29) is 13.0 Å². The lowest BCUT2D eigenvalue weighted by atomic mass is 10.3. The van der Waals surface area contributed by atoms with Gasteiger partial charge in [0.1, 0.15) is 6.61 Å². The van der Waals surface area contributed by atoms with Gasteiger partial charge in [-0.15, -0.1) is 0 Å². The highest BCUT2D eigenvalue weighted by Crippen LogP contribution is 1.91. The highest BCUT2D eigenvalue weighted by molar-refractivity contribution is 5.69. The minimum absolute atomic E-state index is 0.225. The Kier molecular flexibility index (Phi) is 5.73. The summed E-state index contributed by atoms with van der Waals surface area (Å²) in [6.07, 6.45) is -0.805. The maximum atomic E-state index is 10.6. The lowest BCUT2D eigenvalue weighted by Gasteiger charge is -2.04. The van der Waals surface area contributed by atoms with E-state index in [2.05, 4.69) is 4.74 Å². The second-order valence-electron chi connectivity index (χ2n) is 2.06. The van der Waals surface area contributed by atoms with Gasteiger partial charge in [0.15, 0.2) is 6.29 Å². The molecule has 66 valence electrons. The summed E-state index contributed by atoms with van der Waals surface area (Å²) in [6, 6.07) is 0. The third kappa shape index (κ3) is 7.24. The van der Waals surface area contributed by atoms with Crippen LogP contribution < -0.4 is 5.73 Å². The average molecular weight is 163 g/mol. The van der Waals surface area contributed by atoms with Crippen LogP contribution in [0.5, 0.6) is 0 Å². The Labute approximate surface area is 64.8 Å². The lowest BCUT2D eigenvalue weighted by Crippen LogP contribution is -2.18. The van der Waals surface area contributed by atoms with Gasteiger partial charge in [0.25, 0.3) is 0 Å². The first-order valence-corrected chi connectivity index (χ1v) is 3.38. The molecule has 0 aliphatic rings. The Morgan fingerprint density at radius 2 is 2.18 bits per heavy atom. The topological polar surface area (TPSA) is 92.8 Å². The summed E-state index contributed by atoms with van der Waals surface area (Å²) in [7, 11) is 0. The van der Waals surface area contributed by atoms with Crippen LogP contribution >= 0.6 is 0 Å². The second kappa shape index (κ2) is 6.09. The fourth-order valence-corrected chi connectivity index (χ4v) is 0.486. The molecule has 0 aromatic heterocycles. The zero-order valence-electron chi connectivity index (χ0n) is 6.19. The van der Waals surface area contributed by atoms with Gasteiger partial charge in [-0.1, -0.05) is 0 Å². The number of ether oxygens (including phenoxy) is 1. The molecule has 0 saturated heterocycles. The van der Waals surface area contributed by atoms with Crippen molar-refractivity contribution < 1.29 is 19.7 Å². The molecule has 0 bridgehead atoms. The third-order valence-electron chi connectivity index (χ3n) is 0.978. The third-order valence-corrected chi connectivity index (χ3v) is 0.978. The molecule has 0 atom stereocenters. The van der Waals surface area contributed by atoms with E-state index in [9.17, 15) is 4.79 Å². The van der Waals surface area contributed by atoms with Crippen molar-refractivity contribution in [1.82, 2.24) is 0 Å². The van der Waals surface area contributed by atoms with Crippen LogP contribution in [0.15, 0.2) is 0 Å².